The Hall–Kier alpha value is -0.300. The van der Waals surface area contributed by atoms with Gasteiger partial charge in [-0.1, -0.05) is 12.5 Å². The fraction of sp³-hybridized carbons (Fsp3) is 0.417. The fourth-order valence-electron chi connectivity index (χ4n) is 1.40. The number of hydrogen-bond donors (Lipinski definition) is 1. The van der Waals surface area contributed by atoms with E-state index in [-0.39, 0.29) is 6.10 Å². The molecule has 0 spiro atoms. The molecule has 0 aliphatic heterocycles. The standard InChI is InChI=1S/C12H17O/c1-2-3-4-5-10-12(13)11-8-6-7-9-11/h2,6-9,12-13H,1,3-5,10H2. The Bertz CT molecular complexity index is 136. The molecule has 71 valence electrons. The quantitative estimate of drug-likeness (QED) is 0.488. The van der Waals surface area contributed by atoms with Crippen LogP contribution < -0.4 is 0 Å². The molecule has 13 heavy (non-hydrogen) atoms. The number of unbranched alkanes of at least 4 members (excludes halogenated alkanes) is 2. The molecule has 1 rings (SSSR count). The molecule has 0 heterocycles. The molecule has 1 atom stereocenters. The molecule has 1 nitrogen and oxygen atoms in total. The molecule has 1 aliphatic rings. The van der Waals surface area contributed by atoms with Crippen LogP contribution in [0.1, 0.15) is 25.7 Å². The molecule has 1 heteroatoms. The molecule has 1 saturated carbocycles. The average Bonchev–Trinajstić information content (AvgIpc) is 2.65. The molecule has 0 aromatic heterocycles. The van der Waals surface area contributed by atoms with Gasteiger partial charge < -0.3 is 5.11 Å². The predicted octanol–water partition coefficient (Wildman–Crippen LogP) is 2.50. The van der Waals surface area contributed by atoms with Gasteiger partial charge in [0.2, 0.25) is 0 Å². The largest absolute Gasteiger partial charge is 0.393 e. The first kappa shape index (κ1) is 10.8. The van der Waals surface area contributed by atoms with Crippen molar-refractivity contribution in [2.24, 2.45) is 0 Å². The highest BCUT2D eigenvalue weighted by molar-refractivity contribution is 5.37. The minimum atomic E-state index is -0.278. The van der Waals surface area contributed by atoms with Gasteiger partial charge in [-0.15, -0.1) is 6.58 Å². The maximum Gasteiger partial charge on any atom is 0.0608 e. The number of hydrogen-bond acceptors (Lipinski definition) is 1. The minimum Gasteiger partial charge on any atom is -0.393 e. The lowest BCUT2D eigenvalue weighted by atomic mass is 9.96. The highest BCUT2D eigenvalue weighted by Gasteiger charge is 2.23. The van der Waals surface area contributed by atoms with E-state index in [9.17, 15) is 5.11 Å². The Balaban J connectivity index is 2.02. The number of aliphatic hydroxyl groups excluding tert-OH is 1. The molecule has 0 aromatic rings. The van der Waals surface area contributed by atoms with Gasteiger partial charge in [-0.05, 0) is 44.9 Å². The first-order chi connectivity index (χ1) is 6.34. The lowest BCUT2D eigenvalue weighted by Crippen LogP contribution is -2.15. The number of aliphatic hydroxyl groups is 1. The Morgan fingerprint density at radius 3 is 2.62 bits per heavy atom. The van der Waals surface area contributed by atoms with Gasteiger partial charge in [0.05, 0.1) is 6.10 Å². The average molecular weight is 177 g/mol. The van der Waals surface area contributed by atoms with Crippen LogP contribution in [0.2, 0.25) is 0 Å². The third kappa shape index (κ3) is 3.95. The maximum atomic E-state index is 9.68. The predicted molar refractivity (Wildman–Crippen MR) is 55.1 cm³/mol. The second kappa shape index (κ2) is 6.20. The molecule has 0 aromatic carbocycles. The van der Waals surface area contributed by atoms with E-state index < -0.39 is 0 Å². The summed E-state index contributed by atoms with van der Waals surface area (Å²) in [4.78, 5) is 0. The topological polar surface area (TPSA) is 20.2 Å². The van der Waals surface area contributed by atoms with Gasteiger partial charge in [-0.2, -0.15) is 0 Å². The Labute approximate surface area is 81.9 Å². The van der Waals surface area contributed by atoms with Crippen molar-refractivity contribution in [2.45, 2.75) is 31.8 Å². The summed E-state index contributed by atoms with van der Waals surface area (Å²) in [6, 6.07) is 0. The van der Waals surface area contributed by atoms with Crippen molar-refractivity contribution in [2.75, 3.05) is 0 Å². The normalized spacial score (nSPS) is 20.4. The van der Waals surface area contributed by atoms with Gasteiger partial charge in [0.1, 0.15) is 0 Å². The zero-order valence-corrected chi connectivity index (χ0v) is 7.95. The SMILES string of the molecule is C=CCCCCC(O)[C]1[CH][CH][CH][CH]1. The van der Waals surface area contributed by atoms with Crippen LogP contribution in [0.5, 0.6) is 0 Å². The van der Waals surface area contributed by atoms with E-state index >= 15 is 0 Å². The molecule has 1 aliphatic carbocycles. The molecular formula is C12H17O. The van der Waals surface area contributed by atoms with E-state index in [0.717, 1.165) is 31.6 Å². The van der Waals surface area contributed by atoms with Crippen molar-refractivity contribution >= 4 is 0 Å². The molecule has 0 saturated heterocycles. The van der Waals surface area contributed by atoms with Gasteiger partial charge in [0, 0.05) is 5.92 Å². The lowest BCUT2D eigenvalue weighted by Gasteiger charge is -2.15. The van der Waals surface area contributed by atoms with E-state index in [1.165, 1.54) is 0 Å². The smallest absolute Gasteiger partial charge is 0.0608 e. The summed E-state index contributed by atoms with van der Waals surface area (Å²) < 4.78 is 0. The fourth-order valence-corrected chi connectivity index (χ4v) is 1.40. The molecule has 1 unspecified atom stereocenters. The molecule has 1 N–H and O–H groups in total. The van der Waals surface area contributed by atoms with Crippen molar-refractivity contribution in [3.63, 3.8) is 0 Å². The zero-order valence-electron chi connectivity index (χ0n) is 7.95. The second-order valence-electron chi connectivity index (χ2n) is 3.31. The van der Waals surface area contributed by atoms with Crippen LogP contribution in [0, 0.1) is 31.6 Å². The molecule has 5 radical (unpaired) electrons. The highest BCUT2D eigenvalue weighted by Crippen LogP contribution is 2.28. The second-order valence-corrected chi connectivity index (χ2v) is 3.31. The van der Waals surface area contributed by atoms with Crippen LogP contribution in [0.4, 0.5) is 0 Å². The highest BCUT2D eigenvalue weighted by atomic mass is 16.3. The summed E-state index contributed by atoms with van der Waals surface area (Å²) in [5.41, 5.74) is 0. The van der Waals surface area contributed by atoms with E-state index in [1.807, 2.05) is 31.8 Å². The molecule has 1 fully saturated rings. The summed E-state index contributed by atoms with van der Waals surface area (Å²) >= 11 is 0. The van der Waals surface area contributed by atoms with Crippen LogP contribution >= 0.6 is 0 Å². The van der Waals surface area contributed by atoms with Crippen LogP contribution in [-0.2, 0) is 0 Å². The van der Waals surface area contributed by atoms with Crippen molar-refractivity contribution < 1.29 is 5.11 Å². The first-order valence-electron chi connectivity index (χ1n) is 4.85. The van der Waals surface area contributed by atoms with Crippen molar-refractivity contribution in [1.29, 1.82) is 0 Å². The van der Waals surface area contributed by atoms with Gasteiger partial charge in [-0.25, -0.2) is 0 Å². The maximum absolute atomic E-state index is 9.68. The van der Waals surface area contributed by atoms with Crippen LogP contribution in [0.25, 0.3) is 0 Å². The summed E-state index contributed by atoms with van der Waals surface area (Å²) in [6.07, 6.45) is 13.6. The van der Waals surface area contributed by atoms with Crippen LogP contribution in [0.3, 0.4) is 0 Å². The van der Waals surface area contributed by atoms with Crippen molar-refractivity contribution in [3.05, 3.63) is 44.3 Å². The summed E-state index contributed by atoms with van der Waals surface area (Å²) in [5.74, 6) is 1.04. The Morgan fingerprint density at radius 2 is 2.00 bits per heavy atom. The van der Waals surface area contributed by atoms with Gasteiger partial charge in [0.15, 0.2) is 0 Å². The summed E-state index contributed by atoms with van der Waals surface area (Å²) in [5, 5.41) is 9.68. The molecule has 0 amide bonds. The minimum absolute atomic E-state index is 0.278. The Morgan fingerprint density at radius 1 is 1.31 bits per heavy atom. The van der Waals surface area contributed by atoms with E-state index in [0.29, 0.717) is 0 Å². The molecular weight excluding hydrogens is 160 g/mol. The van der Waals surface area contributed by atoms with E-state index in [4.69, 9.17) is 0 Å². The van der Waals surface area contributed by atoms with Gasteiger partial charge in [-0.3, -0.25) is 0 Å². The lowest BCUT2D eigenvalue weighted by molar-refractivity contribution is 0.182. The summed E-state index contributed by atoms with van der Waals surface area (Å²) in [7, 11) is 0. The van der Waals surface area contributed by atoms with Crippen molar-refractivity contribution in [1.82, 2.24) is 0 Å². The van der Waals surface area contributed by atoms with E-state index in [1.54, 1.807) is 0 Å². The third-order valence-corrected chi connectivity index (χ3v) is 2.21. The van der Waals surface area contributed by atoms with Crippen LogP contribution in [0.15, 0.2) is 12.7 Å². The monoisotopic (exact) mass is 177 g/mol. The zero-order chi connectivity index (χ0) is 9.52. The Kier molecular flexibility index (Phi) is 5.14. The third-order valence-electron chi connectivity index (χ3n) is 2.21. The van der Waals surface area contributed by atoms with Crippen LogP contribution in [-0.4, -0.2) is 11.2 Å². The number of rotatable bonds is 6. The van der Waals surface area contributed by atoms with E-state index in [2.05, 4.69) is 6.58 Å². The first-order valence-corrected chi connectivity index (χ1v) is 4.85. The molecule has 0 bridgehead atoms. The van der Waals surface area contributed by atoms with Crippen molar-refractivity contribution in [3.8, 4) is 0 Å². The van der Waals surface area contributed by atoms with Gasteiger partial charge >= 0.3 is 0 Å². The summed E-state index contributed by atoms with van der Waals surface area (Å²) in [6.45, 7) is 3.66. The number of allylic oxidation sites excluding steroid dienone is 1. The van der Waals surface area contributed by atoms with Gasteiger partial charge in [0.25, 0.3) is 0 Å².